The second-order valence-corrected chi connectivity index (χ2v) is 10.7. The predicted octanol–water partition coefficient (Wildman–Crippen LogP) is 4.29. The molecule has 0 spiro atoms. The first-order valence-electron chi connectivity index (χ1n) is 11.7. The lowest BCUT2D eigenvalue weighted by Gasteiger charge is -2.23. The van der Waals surface area contributed by atoms with Crippen LogP contribution in [0.5, 0.6) is 5.75 Å². The average molecular weight is 492 g/mol. The van der Waals surface area contributed by atoms with E-state index < -0.39 is 0 Å². The maximum Gasteiger partial charge on any atom is 0.287 e. The van der Waals surface area contributed by atoms with Crippen LogP contribution >= 0.6 is 11.3 Å². The molecule has 0 saturated carbocycles. The standard InChI is InChI=1S/C25H29N7O2S/c1-6-32-29-22(28-30-32)17-13-16-15(12-18(17)34-5)9-10-31-21(16)20(19-8-7-11-35-19)27-23(31)24(33)26-14-25(2,3)4/h7-8,11-13H,6,9-10,14H2,1-5H3,(H,26,33). The number of nitrogens with one attached hydrogen (secondary N) is 1. The number of hydrogen-bond donors (Lipinski definition) is 1. The third-order valence-corrected chi connectivity index (χ3v) is 6.84. The SMILES string of the molecule is CCn1nnc(-c2cc3c(cc2OC)CCn2c(C(=O)NCC(C)(C)C)nc(-c4cccs4)c2-3)n1. The lowest BCUT2D eigenvalue weighted by Crippen LogP contribution is -2.34. The Balaban J connectivity index is 1.67. The topological polar surface area (TPSA) is 99.8 Å². The second kappa shape index (κ2) is 8.92. The van der Waals surface area contributed by atoms with Crippen molar-refractivity contribution < 1.29 is 9.53 Å². The van der Waals surface area contributed by atoms with Crippen molar-refractivity contribution in [1.29, 1.82) is 0 Å². The minimum absolute atomic E-state index is 0.0233. The van der Waals surface area contributed by atoms with E-state index in [1.165, 1.54) is 0 Å². The van der Waals surface area contributed by atoms with Gasteiger partial charge in [0.15, 0.2) is 5.82 Å². The van der Waals surface area contributed by atoms with E-state index in [4.69, 9.17) is 9.72 Å². The van der Waals surface area contributed by atoms with Gasteiger partial charge in [0.2, 0.25) is 5.82 Å². The van der Waals surface area contributed by atoms with Crippen molar-refractivity contribution in [3.63, 3.8) is 0 Å². The van der Waals surface area contributed by atoms with Gasteiger partial charge in [-0.1, -0.05) is 26.8 Å². The van der Waals surface area contributed by atoms with Crippen LogP contribution in [0.15, 0.2) is 29.6 Å². The Kier molecular flexibility index (Phi) is 5.92. The van der Waals surface area contributed by atoms with E-state index in [0.29, 0.717) is 37.0 Å². The molecule has 0 aliphatic carbocycles. The van der Waals surface area contributed by atoms with Gasteiger partial charge in [-0.2, -0.15) is 4.80 Å². The number of tetrazole rings is 1. The molecule has 5 rings (SSSR count). The Morgan fingerprint density at radius 1 is 1.26 bits per heavy atom. The van der Waals surface area contributed by atoms with E-state index in [0.717, 1.165) is 39.4 Å². The molecule has 1 N–H and O–H groups in total. The largest absolute Gasteiger partial charge is 0.496 e. The van der Waals surface area contributed by atoms with Crippen LogP contribution in [0.3, 0.4) is 0 Å². The summed E-state index contributed by atoms with van der Waals surface area (Å²) in [5, 5.41) is 17.9. The maximum absolute atomic E-state index is 13.2. The van der Waals surface area contributed by atoms with Gasteiger partial charge in [-0.05, 0) is 53.1 Å². The molecule has 4 heterocycles. The minimum atomic E-state index is -0.159. The summed E-state index contributed by atoms with van der Waals surface area (Å²) in [5.41, 5.74) is 4.62. The molecule has 0 radical (unpaired) electrons. The molecule has 1 aliphatic heterocycles. The molecule has 0 saturated heterocycles. The fraction of sp³-hybridized carbons (Fsp3) is 0.400. The first-order valence-corrected chi connectivity index (χ1v) is 12.6. The molecular formula is C25H29N7O2S. The number of nitrogens with zero attached hydrogens (tertiary/aromatic N) is 6. The fourth-order valence-corrected chi connectivity index (χ4v) is 4.95. The molecule has 4 aromatic rings. The van der Waals surface area contributed by atoms with E-state index in [1.807, 2.05) is 41.1 Å². The van der Waals surface area contributed by atoms with E-state index in [9.17, 15) is 4.79 Å². The molecule has 182 valence electrons. The summed E-state index contributed by atoms with van der Waals surface area (Å²) >= 11 is 1.61. The highest BCUT2D eigenvalue weighted by molar-refractivity contribution is 7.13. The highest BCUT2D eigenvalue weighted by Gasteiger charge is 2.30. The number of aromatic nitrogens is 6. The number of carbonyl (C=O) groups excluding carboxylic acids is 1. The molecule has 0 unspecified atom stereocenters. The number of thiophene rings is 1. The van der Waals surface area contributed by atoms with Gasteiger partial charge in [-0.3, -0.25) is 4.79 Å². The zero-order valence-electron chi connectivity index (χ0n) is 20.6. The number of benzene rings is 1. The maximum atomic E-state index is 13.2. The summed E-state index contributed by atoms with van der Waals surface area (Å²) in [7, 11) is 1.65. The third kappa shape index (κ3) is 4.34. The highest BCUT2D eigenvalue weighted by Crippen LogP contribution is 2.43. The number of methoxy groups -OCH3 is 1. The van der Waals surface area contributed by atoms with E-state index >= 15 is 0 Å². The average Bonchev–Trinajstić information content (AvgIpc) is 3.60. The molecule has 9 nitrogen and oxygen atoms in total. The minimum Gasteiger partial charge on any atom is -0.496 e. The van der Waals surface area contributed by atoms with Gasteiger partial charge in [0.25, 0.3) is 5.91 Å². The lowest BCUT2D eigenvalue weighted by molar-refractivity contribution is 0.0924. The zero-order valence-corrected chi connectivity index (χ0v) is 21.4. The molecule has 0 bridgehead atoms. The molecular weight excluding hydrogens is 462 g/mol. The molecule has 0 fully saturated rings. The number of aryl methyl sites for hydroxylation is 2. The van der Waals surface area contributed by atoms with Crippen LogP contribution in [-0.4, -0.2) is 49.3 Å². The van der Waals surface area contributed by atoms with Crippen molar-refractivity contribution in [2.24, 2.45) is 5.41 Å². The smallest absolute Gasteiger partial charge is 0.287 e. The summed E-state index contributed by atoms with van der Waals surface area (Å²) in [6.07, 6.45) is 0.758. The number of ether oxygens (including phenoxy) is 1. The Hall–Kier alpha value is -3.53. The Morgan fingerprint density at radius 2 is 2.09 bits per heavy atom. The molecule has 1 amide bonds. The molecule has 3 aromatic heterocycles. The molecule has 35 heavy (non-hydrogen) atoms. The molecule has 10 heteroatoms. The van der Waals surface area contributed by atoms with Gasteiger partial charge < -0.3 is 14.6 Å². The normalized spacial score (nSPS) is 12.8. The van der Waals surface area contributed by atoms with E-state index in [2.05, 4.69) is 41.5 Å². The van der Waals surface area contributed by atoms with Crippen molar-refractivity contribution in [2.75, 3.05) is 13.7 Å². The quantitative estimate of drug-likeness (QED) is 0.432. The van der Waals surface area contributed by atoms with Gasteiger partial charge in [0.05, 0.1) is 29.8 Å². The molecule has 1 aromatic carbocycles. The summed E-state index contributed by atoms with van der Waals surface area (Å²) in [5.74, 6) is 1.48. The number of fused-ring (bicyclic) bond motifs is 3. The number of rotatable bonds is 6. The zero-order chi connectivity index (χ0) is 24.7. The van der Waals surface area contributed by atoms with Gasteiger partial charge >= 0.3 is 0 Å². The van der Waals surface area contributed by atoms with Crippen molar-refractivity contribution in [3.05, 3.63) is 41.0 Å². The first-order chi connectivity index (χ1) is 16.8. The lowest BCUT2D eigenvalue weighted by atomic mass is 9.93. The number of hydrogen-bond acceptors (Lipinski definition) is 7. The van der Waals surface area contributed by atoms with Crippen molar-refractivity contribution >= 4 is 17.2 Å². The Morgan fingerprint density at radius 3 is 2.74 bits per heavy atom. The fourth-order valence-electron chi connectivity index (χ4n) is 4.24. The summed E-state index contributed by atoms with van der Waals surface area (Å²) in [6, 6.07) is 8.14. The van der Waals surface area contributed by atoms with Gasteiger partial charge in [-0.15, -0.1) is 21.5 Å². The Labute approximate surface area is 208 Å². The van der Waals surface area contributed by atoms with Crippen LogP contribution < -0.4 is 10.1 Å². The first kappa shape index (κ1) is 23.2. The van der Waals surface area contributed by atoms with E-state index in [-0.39, 0.29) is 11.3 Å². The second-order valence-electron chi connectivity index (χ2n) is 9.77. The van der Waals surface area contributed by atoms with Crippen molar-refractivity contribution in [2.45, 2.75) is 47.2 Å². The van der Waals surface area contributed by atoms with Gasteiger partial charge in [0.1, 0.15) is 11.4 Å². The monoisotopic (exact) mass is 491 g/mol. The summed E-state index contributed by atoms with van der Waals surface area (Å²) in [4.78, 5) is 20.7. The summed E-state index contributed by atoms with van der Waals surface area (Å²) < 4.78 is 7.75. The van der Waals surface area contributed by atoms with E-state index in [1.54, 1.807) is 23.2 Å². The van der Waals surface area contributed by atoms with Gasteiger partial charge in [0, 0.05) is 18.7 Å². The van der Waals surface area contributed by atoms with Crippen LogP contribution in [0.2, 0.25) is 0 Å². The predicted molar refractivity (Wildman–Crippen MR) is 136 cm³/mol. The molecule has 1 aliphatic rings. The number of carbonyl (C=O) groups is 1. The van der Waals surface area contributed by atoms with Crippen LogP contribution in [0.4, 0.5) is 0 Å². The van der Waals surface area contributed by atoms with Crippen LogP contribution in [0, 0.1) is 5.41 Å². The van der Waals surface area contributed by atoms with Crippen molar-refractivity contribution in [1.82, 2.24) is 35.1 Å². The van der Waals surface area contributed by atoms with Gasteiger partial charge in [-0.25, -0.2) is 4.98 Å². The number of amides is 1. The van der Waals surface area contributed by atoms with Crippen LogP contribution in [0.25, 0.3) is 33.2 Å². The van der Waals surface area contributed by atoms with Crippen LogP contribution in [-0.2, 0) is 19.5 Å². The van der Waals surface area contributed by atoms with Crippen LogP contribution in [0.1, 0.15) is 43.9 Å². The van der Waals surface area contributed by atoms with Crippen molar-refractivity contribution in [3.8, 4) is 39.0 Å². The molecule has 0 atom stereocenters. The highest BCUT2D eigenvalue weighted by atomic mass is 32.1. The number of imidazole rings is 1. The third-order valence-electron chi connectivity index (χ3n) is 5.97. The summed E-state index contributed by atoms with van der Waals surface area (Å²) in [6.45, 7) is 10.1. The Bertz CT molecular complexity index is 1380.